The average molecular weight is 372 g/mol. The molecule has 0 atom stereocenters. The fourth-order valence-corrected chi connectivity index (χ4v) is 3.57. The zero-order valence-electron chi connectivity index (χ0n) is 15.1. The molecule has 1 amide bonds. The summed E-state index contributed by atoms with van der Waals surface area (Å²) in [6.45, 7) is 3.93. The second-order valence-electron chi connectivity index (χ2n) is 6.45. The van der Waals surface area contributed by atoms with Gasteiger partial charge in [-0.2, -0.15) is 0 Å². The molecule has 0 spiro atoms. The number of hydrogen-bond donors (Lipinski definition) is 1. The third kappa shape index (κ3) is 3.08. The number of thiophene rings is 1. The van der Waals surface area contributed by atoms with Gasteiger partial charge in [-0.3, -0.25) is 18.7 Å². The van der Waals surface area contributed by atoms with E-state index in [0.29, 0.717) is 5.69 Å². The van der Waals surface area contributed by atoms with Crippen LogP contribution in [-0.2, 0) is 25.3 Å². The molecule has 3 aromatic rings. The molecule has 8 heteroatoms. The van der Waals surface area contributed by atoms with E-state index in [-0.39, 0.29) is 29.3 Å². The third-order valence-electron chi connectivity index (χ3n) is 4.30. The van der Waals surface area contributed by atoms with Gasteiger partial charge >= 0.3 is 5.69 Å². The second kappa shape index (κ2) is 6.87. The van der Waals surface area contributed by atoms with Crippen LogP contribution in [0.3, 0.4) is 0 Å². The van der Waals surface area contributed by atoms with Gasteiger partial charge in [0, 0.05) is 25.2 Å². The molecule has 0 aliphatic carbocycles. The molecule has 26 heavy (non-hydrogen) atoms. The molecule has 3 aromatic heterocycles. The summed E-state index contributed by atoms with van der Waals surface area (Å²) in [5.41, 5.74) is 0.525. The van der Waals surface area contributed by atoms with Crippen molar-refractivity contribution in [3.8, 4) is 0 Å². The Kier molecular flexibility index (Phi) is 4.78. The van der Waals surface area contributed by atoms with Crippen molar-refractivity contribution < 1.29 is 4.79 Å². The van der Waals surface area contributed by atoms with Crippen molar-refractivity contribution in [2.24, 2.45) is 14.1 Å². The zero-order chi connectivity index (χ0) is 19.0. The van der Waals surface area contributed by atoms with Gasteiger partial charge in [0.25, 0.3) is 5.56 Å². The van der Waals surface area contributed by atoms with E-state index in [9.17, 15) is 14.4 Å². The Hall–Kier alpha value is -2.74. The molecule has 0 aliphatic heterocycles. The molecule has 136 valence electrons. The van der Waals surface area contributed by atoms with E-state index in [4.69, 9.17) is 0 Å². The minimum Gasteiger partial charge on any atom is -0.325 e. The number of hydrogen-bond acceptors (Lipinski definition) is 5. The molecule has 7 nitrogen and oxygen atoms in total. The fraction of sp³-hybridized carbons (Fsp3) is 0.333. The Labute approximate surface area is 153 Å². The van der Waals surface area contributed by atoms with Gasteiger partial charge in [-0.05, 0) is 22.9 Å². The molecule has 0 saturated carbocycles. The number of anilines is 1. The molecule has 0 bridgehead atoms. The Bertz CT molecular complexity index is 1090. The van der Waals surface area contributed by atoms with Crippen LogP contribution in [0.5, 0.6) is 0 Å². The molecular formula is C18H20N4O3S. The summed E-state index contributed by atoms with van der Waals surface area (Å²) in [6.07, 6.45) is 1.84. The topological polar surface area (TPSA) is 86.0 Å². The average Bonchev–Trinajstić information content (AvgIpc) is 3.10. The quantitative estimate of drug-likeness (QED) is 0.759. The molecule has 0 radical (unpaired) electrons. The lowest BCUT2D eigenvalue weighted by molar-refractivity contribution is -0.115. The van der Waals surface area contributed by atoms with Gasteiger partial charge in [-0.1, -0.05) is 19.9 Å². The van der Waals surface area contributed by atoms with Crippen molar-refractivity contribution in [2.75, 3.05) is 5.32 Å². The highest BCUT2D eigenvalue weighted by Gasteiger charge is 2.20. The highest BCUT2D eigenvalue weighted by molar-refractivity contribution is 7.10. The zero-order valence-corrected chi connectivity index (χ0v) is 15.9. The number of nitrogens with one attached hydrogen (secondary N) is 1. The number of aryl methyl sites for hydroxylation is 1. The normalized spacial score (nSPS) is 11.3. The SMILES string of the molecule is CC(C)c1cnc2c(c1NC(=O)Cc1cccs1)c(=O)n(C)c(=O)n2C. The van der Waals surface area contributed by atoms with Gasteiger partial charge in [0.1, 0.15) is 5.39 Å². The van der Waals surface area contributed by atoms with Crippen LogP contribution < -0.4 is 16.6 Å². The van der Waals surface area contributed by atoms with E-state index < -0.39 is 11.2 Å². The maximum Gasteiger partial charge on any atom is 0.332 e. The van der Waals surface area contributed by atoms with Crippen LogP contribution in [0.25, 0.3) is 11.0 Å². The lowest BCUT2D eigenvalue weighted by atomic mass is 10.0. The van der Waals surface area contributed by atoms with Gasteiger partial charge in [-0.15, -0.1) is 11.3 Å². The second-order valence-corrected chi connectivity index (χ2v) is 7.48. The summed E-state index contributed by atoms with van der Waals surface area (Å²) in [5.74, 6) is -0.163. The number of rotatable bonds is 4. The number of amides is 1. The smallest absolute Gasteiger partial charge is 0.325 e. The molecule has 3 heterocycles. The summed E-state index contributed by atoms with van der Waals surface area (Å²) in [4.78, 5) is 42.7. The first-order valence-corrected chi connectivity index (χ1v) is 9.10. The molecule has 0 aliphatic rings. The van der Waals surface area contributed by atoms with Crippen LogP contribution in [0.15, 0.2) is 33.3 Å². The molecule has 0 fully saturated rings. The summed E-state index contributed by atoms with van der Waals surface area (Å²) in [6, 6.07) is 3.78. The largest absolute Gasteiger partial charge is 0.332 e. The molecule has 0 aromatic carbocycles. The maximum absolute atomic E-state index is 12.8. The van der Waals surface area contributed by atoms with Gasteiger partial charge in [-0.25, -0.2) is 9.78 Å². The first-order chi connectivity index (χ1) is 12.3. The lowest BCUT2D eigenvalue weighted by Gasteiger charge is -2.17. The van der Waals surface area contributed by atoms with Crippen molar-refractivity contribution in [1.82, 2.24) is 14.1 Å². The van der Waals surface area contributed by atoms with Crippen LogP contribution in [0.4, 0.5) is 5.69 Å². The standard InChI is InChI=1S/C18H20N4O3S/c1-10(2)12-9-19-16-14(17(24)22(4)18(25)21(16)3)15(12)20-13(23)8-11-6-5-7-26-11/h5-7,9-10H,8H2,1-4H3,(H,19,20,23). The predicted molar refractivity (Wildman–Crippen MR) is 103 cm³/mol. The predicted octanol–water partition coefficient (Wildman–Crippen LogP) is 2.00. The van der Waals surface area contributed by atoms with Gasteiger partial charge in [0.15, 0.2) is 5.65 Å². The summed E-state index contributed by atoms with van der Waals surface area (Å²) >= 11 is 1.50. The first kappa shape index (κ1) is 18.1. The first-order valence-electron chi connectivity index (χ1n) is 8.22. The Morgan fingerprint density at radius 1 is 1.27 bits per heavy atom. The summed E-state index contributed by atoms with van der Waals surface area (Å²) in [7, 11) is 2.98. The molecule has 0 unspecified atom stereocenters. The number of carbonyl (C=O) groups is 1. The van der Waals surface area contributed by atoms with Crippen LogP contribution in [0.2, 0.25) is 0 Å². The summed E-state index contributed by atoms with van der Waals surface area (Å²) in [5, 5.41) is 5.05. The van der Waals surface area contributed by atoms with Crippen LogP contribution in [0, 0.1) is 0 Å². The lowest BCUT2D eigenvalue weighted by Crippen LogP contribution is -2.38. The fourth-order valence-electron chi connectivity index (χ4n) is 2.87. The molecule has 1 N–H and O–H groups in total. The number of pyridine rings is 1. The molecule has 3 rings (SSSR count). The number of fused-ring (bicyclic) bond motifs is 1. The Morgan fingerprint density at radius 2 is 2.00 bits per heavy atom. The van der Waals surface area contributed by atoms with E-state index in [0.717, 1.165) is 15.0 Å². The number of aromatic nitrogens is 3. The molecular weight excluding hydrogens is 352 g/mol. The van der Waals surface area contributed by atoms with Crippen LogP contribution >= 0.6 is 11.3 Å². The van der Waals surface area contributed by atoms with E-state index in [2.05, 4.69) is 10.3 Å². The molecule has 0 saturated heterocycles. The van der Waals surface area contributed by atoms with Gasteiger partial charge in [0.2, 0.25) is 5.91 Å². The maximum atomic E-state index is 12.8. The van der Waals surface area contributed by atoms with Crippen molar-refractivity contribution in [3.05, 3.63) is 55.0 Å². The van der Waals surface area contributed by atoms with E-state index in [1.54, 1.807) is 13.2 Å². The summed E-state index contributed by atoms with van der Waals surface area (Å²) < 4.78 is 2.35. The highest BCUT2D eigenvalue weighted by Crippen LogP contribution is 2.28. The van der Waals surface area contributed by atoms with E-state index >= 15 is 0 Å². The van der Waals surface area contributed by atoms with Crippen LogP contribution in [0.1, 0.15) is 30.2 Å². The Balaban J connectivity index is 2.20. The van der Waals surface area contributed by atoms with Gasteiger partial charge < -0.3 is 5.32 Å². The monoisotopic (exact) mass is 372 g/mol. The van der Waals surface area contributed by atoms with E-state index in [1.807, 2.05) is 31.4 Å². The highest BCUT2D eigenvalue weighted by atomic mass is 32.1. The Morgan fingerprint density at radius 3 is 2.62 bits per heavy atom. The van der Waals surface area contributed by atoms with Crippen molar-refractivity contribution in [3.63, 3.8) is 0 Å². The minimum atomic E-state index is -0.468. The van der Waals surface area contributed by atoms with Crippen molar-refractivity contribution in [1.29, 1.82) is 0 Å². The number of carbonyl (C=O) groups excluding carboxylic acids is 1. The van der Waals surface area contributed by atoms with Crippen molar-refractivity contribution in [2.45, 2.75) is 26.2 Å². The number of nitrogens with zero attached hydrogens (tertiary/aromatic N) is 3. The van der Waals surface area contributed by atoms with E-state index in [1.165, 1.54) is 23.0 Å². The van der Waals surface area contributed by atoms with Gasteiger partial charge in [0.05, 0.1) is 12.1 Å². The van der Waals surface area contributed by atoms with Crippen LogP contribution in [-0.4, -0.2) is 20.0 Å². The minimum absolute atomic E-state index is 0.0471. The third-order valence-corrected chi connectivity index (χ3v) is 5.18. The van der Waals surface area contributed by atoms with Crippen molar-refractivity contribution >= 4 is 34.0 Å².